The summed E-state index contributed by atoms with van der Waals surface area (Å²) in [6.07, 6.45) is 4.57. The number of halogens is 1. The minimum absolute atomic E-state index is 0.00653. The summed E-state index contributed by atoms with van der Waals surface area (Å²) < 4.78 is 8.80. The highest BCUT2D eigenvalue weighted by Crippen LogP contribution is 2.40. The molecule has 1 aliphatic rings. The van der Waals surface area contributed by atoms with Crippen molar-refractivity contribution >= 4 is 15.9 Å². The van der Waals surface area contributed by atoms with Crippen molar-refractivity contribution in [2.75, 3.05) is 0 Å². The highest BCUT2D eigenvalue weighted by molar-refractivity contribution is 9.10. The van der Waals surface area contributed by atoms with E-state index in [9.17, 15) is 0 Å². The van der Waals surface area contributed by atoms with Crippen LogP contribution in [0.2, 0.25) is 0 Å². The predicted molar refractivity (Wildman–Crippen MR) is 72.3 cm³/mol. The number of nitrogens with two attached hydrogens (primary N) is 1. The van der Waals surface area contributed by atoms with Crippen molar-refractivity contribution in [2.45, 2.75) is 18.6 Å². The van der Waals surface area contributed by atoms with Crippen molar-refractivity contribution in [3.8, 4) is 5.75 Å². The summed E-state index contributed by atoms with van der Waals surface area (Å²) in [5.74, 6) is 0.858. The molecule has 4 nitrogen and oxygen atoms in total. The average Bonchev–Trinajstić information content (AvgIpc) is 2.75. The summed E-state index contributed by atoms with van der Waals surface area (Å²) in [6.45, 7) is 0. The van der Waals surface area contributed by atoms with Crippen molar-refractivity contribution in [1.82, 2.24) is 9.78 Å². The normalized spacial score (nSPS) is 22.4. The Morgan fingerprint density at radius 3 is 3.06 bits per heavy atom. The molecule has 94 valence electrons. The topological polar surface area (TPSA) is 53.1 Å². The zero-order valence-electron chi connectivity index (χ0n) is 10.0. The molecule has 0 saturated carbocycles. The molecule has 1 aromatic heterocycles. The standard InChI is InChI=1S/C13H14BrN3O/c1-17-7-8(6-16-17)12-5-11(15)10-3-2-9(14)4-13(10)18-12/h2-4,6-7,11-12H,5,15H2,1H3. The van der Waals surface area contributed by atoms with E-state index >= 15 is 0 Å². The first-order chi connectivity index (χ1) is 8.63. The van der Waals surface area contributed by atoms with Crippen LogP contribution < -0.4 is 10.5 Å². The molecule has 3 rings (SSSR count). The van der Waals surface area contributed by atoms with E-state index in [0.29, 0.717) is 0 Å². The molecule has 0 fully saturated rings. The van der Waals surface area contributed by atoms with E-state index in [2.05, 4.69) is 21.0 Å². The lowest BCUT2D eigenvalue weighted by Crippen LogP contribution is -2.23. The van der Waals surface area contributed by atoms with Gasteiger partial charge in [-0.1, -0.05) is 22.0 Å². The van der Waals surface area contributed by atoms with Gasteiger partial charge in [0.05, 0.1) is 6.20 Å². The van der Waals surface area contributed by atoms with Crippen LogP contribution in [-0.2, 0) is 7.05 Å². The van der Waals surface area contributed by atoms with Crippen LogP contribution in [0.25, 0.3) is 0 Å². The van der Waals surface area contributed by atoms with Crippen LogP contribution >= 0.6 is 15.9 Å². The molecule has 2 heterocycles. The second-order valence-electron chi connectivity index (χ2n) is 4.58. The number of rotatable bonds is 1. The van der Waals surface area contributed by atoms with Gasteiger partial charge in [0.15, 0.2) is 0 Å². The molecule has 2 atom stereocenters. The highest BCUT2D eigenvalue weighted by atomic mass is 79.9. The van der Waals surface area contributed by atoms with Gasteiger partial charge in [-0.15, -0.1) is 0 Å². The maximum Gasteiger partial charge on any atom is 0.129 e. The summed E-state index contributed by atoms with van der Waals surface area (Å²) in [4.78, 5) is 0. The second kappa shape index (κ2) is 4.40. The molecule has 1 aliphatic heterocycles. The number of aryl methyl sites for hydroxylation is 1. The molecular formula is C13H14BrN3O. The molecule has 0 aliphatic carbocycles. The SMILES string of the molecule is Cn1cc(C2CC(N)c3ccc(Br)cc3O2)cn1. The fourth-order valence-electron chi connectivity index (χ4n) is 2.29. The number of hydrogen-bond acceptors (Lipinski definition) is 3. The second-order valence-corrected chi connectivity index (χ2v) is 5.49. The van der Waals surface area contributed by atoms with Crippen LogP contribution in [0.5, 0.6) is 5.75 Å². The molecule has 0 amide bonds. The van der Waals surface area contributed by atoms with E-state index in [4.69, 9.17) is 10.5 Å². The molecule has 0 saturated heterocycles. The number of aromatic nitrogens is 2. The number of nitrogens with zero attached hydrogens (tertiary/aromatic N) is 2. The van der Waals surface area contributed by atoms with Crippen LogP contribution in [0, 0.1) is 0 Å². The smallest absolute Gasteiger partial charge is 0.129 e. The molecule has 0 spiro atoms. The van der Waals surface area contributed by atoms with Crippen LogP contribution in [0.4, 0.5) is 0 Å². The fraction of sp³-hybridized carbons (Fsp3) is 0.308. The quantitative estimate of drug-likeness (QED) is 0.881. The minimum Gasteiger partial charge on any atom is -0.485 e. The van der Waals surface area contributed by atoms with Crippen LogP contribution in [0.15, 0.2) is 35.1 Å². The van der Waals surface area contributed by atoms with Gasteiger partial charge in [-0.05, 0) is 12.1 Å². The van der Waals surface area contributed by atoms with Crippen molar-refractivity contribution in [2.24, 2.45) is 12.8 Å². The van der Waals surface area contributed by atoms with Gasteiger partial charge >= 0.3 is 0 Å². The highest BCUT2D eigenvalue weighted by Gasteiger charge is 2.27. The predicted octanol–water partition coefficient (Wildman–Crippen LogP) is 2.71. The summed E-state index contributed by atoms with van der Waals surface area (Å²) in [5, 5.41) is 4.18. The fourth-order valence-corrected chi connectivity index (χ4v) is 2.63. The van der Waals surface area contributed by atoms with Gasteiger partial charge in [-0.2, -0.15) is 5.10 Å². The lowest BCUT2D eigenvalue weighted by atomic mass is 9.95. The molecule has 0 radical (unpaired) electrons. The van der Waals surface area contributed by atoms with Gasteiger partial charge in [-0.3, -0.25) is 4.68 Å². The summed E-state index contributed by atoms with van der Waals surface area (Å²) >= 11 is 3.45. The van der Waals surface area contributed by atoms with E-state index in [1.54, 1.807) is 4.68 Å². The first kappa shape index (κ1) is 11.7. The van der Waals surface area contributed by atoms with Crippen molar-refractivity contribution in [1.29, 1.82) is 0 Å². The van der Waals surface area contributed by atoms with Gasteiger partial charge in [0.25, 0.3) is 0 Å². The van der Waals surface area contributed by atoms with Crippen molar-refractivity contribution in [3.63, 3.8) is 0 Å². The van der Waals surface area contributed by atoms with Gasteiger partial charge < -0.3 is 10.5 Å². The third-order valence-corrected chi connectivity index (χ3v) is 3.70. The Kier molecular flexibility index (Phi) is 2.87. The molecule has 2 N–H and O–H groups in total. The first-order valence-electron chi connectivity index (χ1n) is 5.83. The Morgan fingerprint density at radius 1 is 1.50 bits per heavy atom. The first-order valence-corrected chi connectivity index (χ1v) is 6.63. The van der Waals surface area contributed by atoms with Gasteiger partial charge in [0.1, 0.15) is 11.9 Å². The molecule has 18 heavy (non-hydrogen) atoms. The number of ether oxygens (including phenoxy) is 1. The minimum atomic E-state index is -0.0181. The van der Waals surface area contributed by atoms with E-state index in [-0.39, 0.29) is 12.1 Å². The molecule has 2 unspecified atom stereocenters. The van der Waals surface area contributed by atoms with Gasteiger partial charge in [0, 0.05) is 41.3 Å². The van der Waals surface area contributed by atoms with Gasteiger partial charge in [-0.25, -0.2) is 0 Å². The van der Waals surface area contributed by atoms with E-state index in [1.165, 1.54) is 0 Å². The average molecular weight is 308 g/mol. The van der Waals surface area contributed by atoms with Gasteiger partial charge in [0.2, 0.25) is 0 Å². The Bertz CT molecular complexity index is 581. The van der Waals surface area contributed by atoms with Crippen LogP contribution in [0.3, 0.4) is 0 Å². The molecule has 2 aromatic rings. The maximum absolute atomic E-state index is 6.21. The number of fused-ring (bicyclic) bond motifs is 1. The lowest BCUT2D eigenvalue weighted by Gasteiger charge is -2.29. The number of benzene rings is 1. The van der Waals surface area contributed by atoms with Crippen molar-refractivity contribution in [3.05, 3.63) is 46.2 Å². The van der Waals surface area contributed by atoms with E-state index in [0.717, 1.165) is 27.8 Å². The molecule has 5 heteroatoms. The van der Waals surface area contributed by atoms with E-state index < -0.39 is 0 Å². The summed E-state index contributed by atoms with van der Waals surface area (Å²) in [5.41, 5.74) is 8.34. The lowest BCUT2D eigenvalue weighted by molar-refractivity contribution is 0.161. The monoisotopic (exact) mass is 307 g/mol. The largest absolute Gasteiger partial charge is 0.485 e. The van der Waals surface area contributed by atoms with Crippen LogP contribution in [0.1, 0.15) is 29.7 Å². The Hall–Kier alpha value is -1.33. The molecule has 0 bridgehead atoms. The third kappa shape index (κ3) is 2.04. The molecule has 1 aromatic carbocycles. The van der Waals surface area contributed by atoms with E-state index in [1.807, 2.05) is 37.6 Å². The maximum atomic E-state index is 6.21. The van der Waals surface area contributed by atoms with Crippen molar-refractivity contribution < 1.29 is 4.74 Å². The Balaban J connectivity index is 1.95. The zero-order valence-corrected chi connectivity index (χ0v) is 11.6. The third-order valence-electron chi connectivity index (χ3n) is 3.21. The Labute approximate surface area is 114 Å². The van der Waals surface area contributed by atoms with Crippen LogP contribution in [-0.4, -0.2) is 9.78 Å². The Morgan fingerprint density at radius 2 is 2.33 bits per heavy atom. The summed E-state index contributed by atoms with van der Waals surface area (Å²) in [6, 6.07) is 5.99. The summed E-state index contributed by atoms with van der Waals surface area (Å²) in [7, 11) is 1.90. The zero-order chi connectivity index (χ0) is 12.7. The number of hydrogen-bond donors (Lipinski definition) is 1. The molecular weight excluding hydrogens is 294 g/mol.